The van der Waals surface area contributed by atoms with E-state index < -0.39 is 5.60 Å². The third-order valence-corrected chi connectivity index (χ3v) is 4.83. The molecule has 0 unspecified atom stereocenters. The van der Waals surface area contributed by atoms with Crippen LogP contribution in [0.5, 0.6) is 0 Å². The molecule has 0 radical (unpaired) electrons. The van der Waals surface area contributed by atoms with Crippen LogP contribution in [0.4, 0.5) is 5.13 Å². The van der Waals surface area contributed by atoms with Crippen molar-refractivity contribution in [3.8, 4) is 0 Å². The Morgan fingerprint density at radius 3 is 2.63 bits per heavy atom. The predicted molar refractivity (Wildman–Crippen MR) is 79.7 cm³/mol. The van der Waals surface area contributed by atoms with E-state index in [1.165, 1.54) is 18.0 Å². The topological polar surface area (TPSA) is 58.0 Å². The van der Waals surface area contributed by atoms with Gasteiger partial charge in [0.2, 0.25) is 5.13 Å². The number of rotatable bonds is 5. The summed E-state index contributed by atoms with van der Waals surface area (Å²) in [6.45, 7) is 7.01. The smallest absolute Gasteiger partial charge is 0.202 e. The number of hydrogen-bond acceptors (Lipinski definition) is 5. The second-order valence-corrected chi connectivity index (χ2v) is 6.79. The van der Waals surface area contributed by atoms with Crippen molar-refractivity contribution in [2.45, 2.75) is 64.4 Å². The van der Waals surface area contributed by atoms with E-state index in [0.29, 0.717) is 12.5 Å². The fraction of sp³-hybridized carbons (Fsp3) is 0.857. The summed E-state index contributed by atoms with van der Waals surface area (Å²) in [5.41, 5.74) is -0.560. The van der Waals surface area contributed by atoms with Gasteiger partial charge in [0, 0.05) is 24.0 Å². The molecule has 1 fully saturated rings. The van der Waals surface area contributed by atoms with Crippen molar-refractivity contribution in [3.63, 3.8) is 0 Å². The van der Waals surface area contributed by atoms with Crippen LogP contribution in [0.15, 0.2) is 0 Å². The van der Waals surface area contributed by atoms with Gasteiger partial charge in [-0.3, -0.25) is 0 Å². The normalized spacial score (nSPS) is 27.7. The van der Waals surface area contributed by atoms with Gasteiger partial charge in [-0.2, -0.15) is 4.37 Å². The van der Waals surface area contributed by atoms with E-state index in [4.69, 9.17) is 0 Å². The minimum atomic E-state index is -0.560. The molecule has 1 saturated carbocycles. The van der Waals surface area contributed by atoms with Gasteiger partial charge in [-0.25, -0.2) is 4.98 Å². The largest absolute Gasteiger partial charge is 0.388 e. The van der Waals surface area contributed by atoms with E-state index in [0.717, 1.165) is 42.6 Å². The van der Waals surface area contributed by atoms with Gasteiger partial charge in [-0.15, -0.1) is 0 Å². The van der Waals surface area contributed by atoms with Crippen molar-refractivity contribution in [2.24, 2.45) is 5.92 Å². The lowest BCUT2D eigenvalue weighted by atomic mass is 9.78. The minimum absolute atomic E-state index is 0.356. The Morgan fingerprint density at radius 1 is 1.42 bits per heavy atom. The third kappa shape index (κ3) is 3.89. The fourth-order valence-electron chi connectivity index (χ4n) is 2.58. The summed E-state index contributed by atoms with van der Waals surface area (Å²) in [5, 5.41) is 14.6. The maximum atomic E-state index is 10.6. The molecule has 1 aliphatic rings. The summed E-state index contributed by atoms with van der Waals surface area (Å²) in [6.07, 6.45) is 5.31. The zero-order valence-corrected chi connectivity index (χ0v) is 13.0. The molecular weight excluding hydrogens is 258 g/mol. The van der Waals surface area contributed by atoms with Crippen LogP contribution in [-0.4, -0.2) is 26.6 Å². The van der Waals surface area contributed by atoms with E-state index in [-0.39, 0.29) is 0 Å². The van der Waals surface area contributed by atoms with Crippen LogP contribution in [0.1, 0.15) is 64.6 Å². The molecular formula is C14H25N3OS. The Hall–Kier alpha value is -0.680. The fourth-order valence-corrected chi connectivity index (χ4v) is 3.28. The molecule has 108 valence electrons. The highest BCUT2D eigenvalue weighted by atomic mass is 32.1. The summed E-state index contributed by atoms with van der Waals surface area (Å²) < 4.78 is 4.31. The van der Waals surface area contributed by atoms with Gasteiger partial charge >= 0.3 is 0 Å². The molecule has 2 N–H and O–H groups in total. The lowest BCUT2D eigenvalue weighted by Crippen LogP contribution is -2.40. The summed E-state index contributed by atoms with van der Waals surface area (Å²) in [4.78, 5) is 4.44. The van der Waals surface area contributed by atoms with Crippen LogP contribution in [0, 0.1) is 5.92 Å². The molecule has 19 heavy (non-hydrogen) atoms. The first-order valence-electron chi connectivity index (χ1n) is 7.32. The second-order valence-electron chi connectivity index (χ2n) is 6.04. The Labute approximate surface area is 119 Å². The highest BCUT2D eigenvalue weighted by Gasteiger charge is 2.32. The number of anilines is 1. The van der Waals surface area contributed by atoms with Gasteiger partial charge in [0.15, 0.2) is 0 Å². The van der Waals surface area contributed by atoms with Crippen LogP contribution < -0.4 is 5.32 Å². The van der Waals surface area contributed by atoms with Gasteiger partial charge in [0.1, 0.15) is 5.82 Å². The summed E-state index contributed by atoms with van der Waals surface area (Å²) in [6, 6.07) is 0. The standard InChI is InChI=1S/C14H25N3OS/c1-4-11-5-7-14(18,8-6-11)9-15-13-16-12(10(2)3)17-19-13/h10-11,18H,4-9H2,1-3H3,(H,15,16,17). The van der Waals surface area contributed by atoms with Crippen molar-refractivity contribution < 1.29 is 5.11 Å². The van der Waals surface area contributed by atoms with Gasteiger partial charge in [-0.1, -0.05) is 27.2 Å². The number of nitrogens with zero attached hydrogens (tertiary/aromatic N) is 2. The molecule has 0 saturated heterocycles. The first-order chi connectivity index (χ1) is 9.02. The van der Waals surface area contributed by atoms with Gasteiger partial charge in [0.25, 0.3) is 0 Å². The van der Waals surface area contributed by atoms with Gasteiger partial charge in [0.05, 0.1) is 5.60 Å². The molecule has 0 spiro atoms. The number of aromatic nitrogens is 2. The lowest BCUT2D eigenvalue weighted by molar-refractivity contribution is 0.00229. The van der Waals surface area contributed by atoms with Crippen LogP contribution in [0.2, 0.25) is 0 Å². The molecule has 0 atom stereocenters. The van der Waals surface area contributed by atoms with E-state index in [1.54, 1.807) is 0 Å². The van der Waals surface area contributed by atoms with Crippen molar-refractivity contribution in [2.75, 3.05) is 11.9 Å². The number of hydrogen-bond donors (Lipinski definition) is 2. The second kappa shape index (κ2) is 6.18. The van der Waals surface area contributed by atoms with Crippen molar-refractivity contribution >= 4 is 16.7 Å². The van der Waals surface area contributed by atoms with E-state index in [9.17, 15) is 5.11 Å². The molecule has 1 aliphatic carbocycles. The zero-order valence-electron chi connectivity index (χ0n) is 12.1. The molecule has 0 aliphatic heterocycles. The van der Waals surface area contributed by atoms with Gasteiger partial charge in [-0.05, 0) is 31.6 Å². The number of nitrogens with one attached hydrogen (secondary N) is 1. The maximum absolute atomic E-state index is 10.6. The Morgan fingerprint density at radius 2 is 2.11 bits per heavy atom. The van der Waals surface area contributed by atoms with Crippen molar-refractivity contribution in [1.29, 1.82) is 0 Å². The molecule has 1 aromatic rings. The zero-order chi connectivity index (χ0) is 13.9. The SMILES string of the molecule is CCC1CCC(O)(CNc2nc(C(C)C)ns2)CC1. The minimum Gasteiger partial charge on any atom is -0.388 e. The lowest BCUT2D eigenvalue weighted by Gasteiger charge is -2.35. The van der Waals surface area contributed by atoms with Crippen LogP contribution in [0.25, 0.3) is 0 Å². The Bertz CT molecular complexity index is 397. The van der Waals surface area contributed by atoms with Crippen LogP contribution >= 0.6 is 11.5 Å². The first kappa shape index (κ1) is 14.7. The molecule has 5 heteroatoms. The summed E-state index contributed by atoms with van der Waals surface area (Å²) >= 11 is 1.39. The molecule has 0 bridgehead atoms. The molecule has 1 heterocycles. The molecule has 0 aromatic carbocycles. The molecule has 0 amide bonds. The Balaban J connectivity index is 1.84. The third-order valence-electron chi connectivity index (χ3n) is 4.14. The summed E-state index contributed by atoms with van der Waals surface area (Å²) in [5.74, 6) is 2.04. The maximum Gasteiger partial charge on any atom is 0.202 e. The molecule has 2 rings (SSSR count). The number of aliphatic hydroxyl groups is 1. The van der Waals surface area contributed by atoms with Gasteiger partial charge < -0.3 is 10.4 Å². The average Bonchev–Trinajstić information content (AvgIpc) is 2.87. The quantitative estimate of drug-likeness (QED) is 0.869. The predicted octanol–water partition coefficient (Wildman–Crippen LogP) is 3.40. The van der Waals surface area contributed by atoms with Crippen LogP contribution in [-0.2, 0) is 0 Å². The van der Waals surface area contributed by atoms with E-state index in [2.05, 4.69) is 35.4 Å². The molecule has 1 aromatic heterocycles. The molecule has 4 nitrogen and oxygen atoms in total. The van der Waals surface area contributed by atoms with Crippen molar-refractivity contribution in [3.05, 3.63) is 5.82 Å². The highest BCUT2D eigenvalue weighted by Crippen LogP contribution is 2.34. The Kier molecular flexibility index (Phi) is 4.79. The van der Waals surface area contributed by atoms with Crippen molar-refractivity contribution in [1.82, 2.24) is 9.36 Å². The van der Waals surface area contributed by atoms with E-state index in [1.807, 2.05) is 0 Å². The highest BCUT2D eigenvalue weighted by molar-refractivity contribution is 7.09. The van der Waals surface area contributed by atoms with E-state index >= 15 is 0 Å². The van der Waals surface area contributed by atoms with Crippen LogP contribution in [0.3, 0.4) is 0 Å². The average molecular weight is 283 g/mol. The monoisotopic (exact) mass is 283 g/mol. The first-order valence-corrected chi connectivity index (χ1v) is 8.09. The summed E-state index contributed by atoms with van der Waals surface area (Å²) in [7, 11) is 0.